The van der Waals surface area contributed by atoms with Gasteiger partial charge in [-0.25, -0.2) is 24.4 Å². The van der Waals surface area contributed by atoms with Crippen LogP contribution in [0.5, 0.6) is 5.75 Å². The third-order valence-corrected chi connectivity index (χ3v) is 3.99. The smallest absolute Gasteiger partial charge is 0.354 e. The second-order valence-corrected chi connectivity index (χ2v) is 5.98. The van der Waals surface area contributed by atoms with Crippen molar-refractivity contribution in [3.05, 3.63) is 30.5 Å². The number of rotatable bonds is 3. The molecule has 3 aromatic heterocycles. The number of imidazole rings is 1. The highest BCUT2D eigenvalue weighted by atomic mass is 16.5. The average molecular weight is 340 g/mol. The first kappa shape index (κ1) is 15.3. The van der Waals surface area contributed by atoms with E-state index in [1.807, 2.05) is 24.6 Å². The van der Waals surface area contributed by atoms with Crippen LogP contribution in [0.4, 0.5) is 0 Å². The Kier molecular flexibility index (Phi) is 3.48. The van der Waals surface area contributed by atoms with Gasteiger partial charge in [0, 0.05) is 12.2 Å². The SMILES string of the molecule is CC(C)n1ncnc1-c1cn2c(n1)-c1cc(C(=O)O)ncc1OCC2. The number of carbonyl (C=O) groups is 1. The zero-order valence-corrected chi connectivity index (χ0v) is 13.7. The van der Waals surface area contributed by atoms with Crippen molar-refractivity contribution in [2.75, 3.05) is 6.61 Å². The Morgan fingerprint density at radius 2 is 2.16 bits per heavy atom. The molecule has 0 aliphatic carbocycles. The van der Waals surface area contributed by atoms with Gasteiger partial charge in [-0.1, -0.05) is 0 Å². The van der Waals surface area contributed by atoms with Crippen LogP contribution in [0, 0.1) is 0 Å². The maximum Gasteiger partial charge on any atom is 0.354 e. The highest BCUT2D eigenvalue weighted by molar-refractivity contribution is 5.87. The van der Waals surface area contributed by atoms with Crippen molar-refractivity contribution in [2.24, 2.45) is 0 Å². The first-order valence-electron chi connectivity index (χ1n) is 7.88. The molecule has 0 amide bonds. The first-order chi connectivity index (χ1) is 12.0. The van der Waals surface area contributed by atoms with Crippen LogP contribution in [0.2, 0.25) is 0 Å². The van der Waals surface area contributed by atoms with Crippen molar-refractivity contribution < 1.29 is 14.6 Å². The van der Waals surface area contributed by atoms with E-state index in [2.05, 4.69) is 20.1 Å². The fraction of sp³-hybridized carbons (Fsp3) is 0.312. The maximum absolute atomic E-state index is 11.2. The Bertz CT molecular complexity index is 959. The molecule has 0 fully saturated rings. The molecule has 0 atom stereocenters. The van der Waals surface area contributed by atoms with Crippen LogP contribution in [-0.4, -0.2) is 47.0 Å². The lowest BCUT2D eigenvalue weighted by Gasteiger charge is -2.07. The lowest BCUT2D eigenvalue weighted by Crippen LogP contribution is -2.06. The highest BCUT2D eigenvalue weighted by Crippen LogP contribution is 2.33. The first-order valence-corrected chi connectivity index (χ1v) is 7.88. The number of pyridine rings is 1. The highest BCUT2D eigenvalue weighted by Gasteiger charge is 2.23. The normalized spacial score (nSPS) is 13.1. The minimum absolute atomic E-state index is 0.0503. The third-order valence-electron chi connectivity index (χ3n) is 3.99. The van der Waals surface area contributed by atoms with Crippen LogP contribution in [0.15, 0.2) is 24.8 Å². The second-order valence-electron chi connectivity index (χ2n) is 5.98. The monoisotopic (exact) mass is 340 g/mol. The molecule has 4 heterocycles. The number of carboxylic acids is 1. The van der Waals surface area contributed by atoms with E-state index in [0.29, 0.717) is 41.8 Å². The molecule has 0 unspecified atom stereocenters. The predicted molar refractivity (Wildman–Crippen MR) is 87.3 cm³/mol. The molecule has 0 aromatic carbocycles. The van der Waals surface area contributed by atoms with Crippen molar-refractivity contribution >= 4 is 5.97 Å². The summed E-state index contributed by atoms with van der Waals surface area (Å²) in [6.45, 7) is 5.08. The van der Waals surface area contributed by atoms with Crippen molar-refractivity contribution in [1.29, 1.82) is 0 Å². The van der Waals surface area contributed by atoms with Gasteiger partial charge in [0.15, 0.2) is 5.82 Å². The molecule has 0 spiro atoms. The predicted octanol–water partition coefficient (Wildman–Crippen LogP) is 1.88. The molecule has 0 bridgehead atoms. The van der Waals surface area contributed by atoms with Gasteiger partial charge < -0.3 is 14.4 Å². The Labute approximate surface area is 142 Å². The number of hydrogen-bond acceptors (Lipinski definition) is 6. The third kappa shape index (κ3) is 2.53. The number of aromatic nitrogens is 6. The van der Waals surface area contributed by atoms with E-state index in [-0.39, 0.29) is 11.7 Å². The quantitative estimate of drug-likeness (QED) is 0.775. The molecule has 9 heteroatoms. The van der Waals surface area contributed by atoms with Gasteiger partial charge in [0.1, 0.15) is 35.9 Å². The summed E-state index contributed by atoms with van der Waals surface area (Å²) in [6, 6.07) is 1.64. The van der Waals surface area contributed by atoms with Gasteiger partial charge in [-0.3, -0.25) is 0 Å². The second kappa shape index (κ2) is 5.69. The van der Waals surface area contributed by atoms with Crippen LogP contribution in [0.3, 0.4) is 0 Å². The van der Waals surface area contributed by atoms with Crippen LogP contribution in [-0.2, 0) is 6.54 Å². The van der Waals surface area contributed by atoms with E-state index in [1.54, 1.807) is 4.68 Å². The van der Waals surface area contributed by atoms with E-state index in [9.17, 15) is 9.90 Å². The van der Waals surface area contributed by atoms with Gasteiger partial charge in [0.05, 0.1) is 18.3 Å². The van der Waals surface area contributed by atoms with Crippen molar-refractivity contribution in [1.82, 2.24) is 29.3 Å². The van der Waals surface area contributed by atoms with Crippen LogP contribution in [0.25, 0.3) is 22.9 Å². The van der Waals surface area contributed by atoms with Crippen molar-refractivity contribution in [2.45, 2.75) is 26.4 Å². The number of fused-ring (bicyclic) bond motifs is 3. The van der Waals surface area contributed by atoms with Crippen molar-refractivity contribution in [3.8, 4) is 28.7 Å². The number of aromatic carboxylic acids is 1. The zero-order chi connectivity index (χ0) is 17.6. The van der Waals surface area contributed by atoms with Crippen molar-refractivity contribution in [3.63, 3.8) is 0 Å². The lowest BCUT2D eigenvalue weighted by atomic mass is 10.2. The summed E-state index contributed by atoms with van der Waals surface area (Å²) in [5, 5.41) is 13.4. The molecular formula is C16H16N6O3. The molecule has 9 nitrogen and oxygen atoms in total. The van der Waals surface area contributed by atoms with Crippen LogP contribution in [0.1, 0.15) is 30.4 Å². The van der Waals surface area contributed by atoms with Crippen LogP contribution < -0.4 is 4.74 Å². The molecule has 1 aliphatic heterocycles. The molecule has 1 N–H and O–H groups in total. The molecule has 4 rings (SSSR count). The summed E-state index contributed by atoms with van der Waals surface area (Å²) in [6.07, 6.45) is 4.82. The van der Waals surface area contributed by atoms with Gasteiger partial charge in [-0.15, -0.1) is 0 Å². The number of ether oxygens (including phenoxy) is 1. The molecule has 3 aromatic rings. The molecule has 0 radical (unpaired) electrons. The molecule has 128 valence electrons. The maximum atomic E-state index is 11.2. The summed E-state index contributed by atoms with van der Waals surface area (Å²) in [4.78, 5) is 24.1. The molecule has 0 saturated carbocycles. The van der Waals surface area contributed by atoms with E-state index < -0.39 is 5.97 Å². The fourth-order valence-electron chi connectivity index (χ4n) is 2.82. The van der Waals surface area contributed by atoms with Gasteiger partial charge in [-0.05, 0) is 19.9 Å². The molecule has 1 aliphatic rings. The standard InChI is InChI=1S/C16H16N6O3/c1-9(2)22-15(18-8-19-22)12-7-21-3-4-25-13-6-17-11(16(23)24)5-10(13)14(21)20-12/h5-9H,3-4H2,1-2H3,(H,23,24). The minimum Gasteiger partial charge on any atom is -0.489 e. The zero-order valence-electron chi connectivity index (χ0n) is 13.7. The van der Waals surface area contributed by atoms with Gasteiger partial charge in [0.2, 0.25) is 0 Å². The number of carboxylic acid groups (broad SMARTS) is 1. The average Bonchev–Trinajstić information content (AvgIpc) is 3.18. The molecule has 25 heavy (non-hydrogen) atoms. The van der Waals surface area contributed by atoms with E-state index >= 15 is 0 Å². The van der Waals surface area contributed by atoms with E-state index in [0.717, 1.165) is 0 Å². The Morgan fingerprint density at radius 3 is 2.92 bits per heavy atom. The fourth-order valence-corrected chi connectivity index (χ4v) is 2.82. The van der Waals surface area contributed by atoms with Gasteiger partial charge in [-0.2, -0.15) is 5.10 Å². The molecule has 0 saturated heterocycles. The van der Waals surface area contributed by atoms with Crippen LogP contribution >= 0.6 is 0 Å². The number of hydrogen-bond donors (Lipinski definition) is 1. The van der Waals surface area contributed by atoms with E-state index in [4.69, 9.17) is 4.74 Å². The van der Waals surface area contributed by atoms with Gasteiger partial charge >= 0.3 is 5.97 Å². The summed E-state index contributed by atoms with van der Waals surface area (Å²) in [7, 11) is 0. The number of nitrogens with zero attached hydrogens (tertiary/aromatic N) is 6. The largest absolute Gasteiger partial charge is 0.489 e. The summed E-state index contributed by atoms with van der Waals surface area (Å²) in [5.74, 6) is 0.729. The summed E-state index contributed by atoms with van der Waals surface area (Å²) < 4.78 is 9.40. The Hall–Kier alpha value is -3.23. The van der Waals surface area contributed by atoms with Gasteiger partial charge in [0.25, 0.3) is 0 Å². The Morgan fingerprint density at radius 1 is 1.32 bits per heavy atom. The summed E-state index contributed by atoms with van der Waals surface area (Å²) >= 11 is 0. The minimum atomic E-state index is -1.09. The summed E-state index contributed by atoms with van der Waals surface area (Å²) in [5.41, 5.74) is 1.24. The lowest BCUT2D eigenvalue weighted by molar-refractivity contribution is 0.0690. The molecular weight excluding hydrogens is 324 g/mol. The topological polar surface area (TPSA) is 108 Å². The Balaban J connectivity index is 1.87. The van der Waals surface area contributed by atoms with E-state index in [1.165, 1.54) is 18.6 Å².